The lowest BCUT2D eigenvalue weighted by Gasteiger charge is -2.19. The van der Waals surface area contributed by atoms with Crippen molar-refractivity contribution in [3.05, 3.63) is 182 Å². The van der Waals surface area contributed by atoms with Crippen LogP contribution in [0.5, 0.6) is 0 Å². The highest BCUT2D eigenvalue weighted by molar-refractivity contribution is 6.30. The fourth-order valence-corrected chi connectivity index (χ4v) is 10.7. The van der Waals surface area contributed by atoms with Gasteiger partial charge < -0.3 is 0 Å². The summed E-state index contributed by atoms with van der Waals surface area (Å²) in [5, 5.41) is 15.1. The van der Waals surface area contributed by atoms with E-state index in [1.54, 1.807) is 0 Å². The Morgan fingerprint density at radius 1 is 0.224 bits per heavy atom. The Kier molecular flexibility index (Phi) is 5.79. The van der Waals surface area contributed by atoms with Gasteiger partial charge in [0.05, 0.1) is 11.0 Å². The Labute approximate surface area is 333 Å². The maximum absolute atomic E-state index is 4.81. The lowest BCUT2D eigenvalue weighted by molar-refractivity contribution is 1.41. The molecule has 2 heterocycles. The Hall–Kier alpha value is -7.68. The van der Waals surface area contributed by atoms with E-state index in [9.17, 15) is 0 Å². The van der Waals surface area contributed by atoms with Crippen LogP contribution in [-0.2, 0) is 0 Å². The van der Waals surface area contributed by atoms with Crippen molar-refractivity contribution in [3.8, 4) is 66.8 Å². The van der Waals surface area contributed by atoms with Gasteiger partial charge in [0.1, 0.15) is 0 Å². The first-order chi connectivity index (χ1) is 28.8. The first-order valence-corrected chi connectivity index (χ1v) is 20.1. The van der Waals surface area contributed by atoms with Crippen molar-refractivity contribution >= 4 is 75.7 Å². The maximum atomic E-state index is 4.81. The molecule has 0 saturated carbocycles. The van der Waals surface area contributed by atoms with Crippen molar-refractivity contribution in [1.82, 2.24) is 9.97 Å². The van der Waals surface area contributed by atoms with Crippen LogP contribution < -0.4 is 0 Å². The fourth-order valence-electron chi connectivity index (χ4n) is 10.7. The first-order valence-electron chi connectivity index (χ1n) is 20.1. The molecule has 0 radical (unpaired) electrons. The fraction of sp³-hybridized carbons (Fsp3) is 0. The molecular weight excluding hydrogens is 701 g/mol. The third-order valence-electron chi connectivity index (χ3n) is 13.2. The van der Waals surface area contributed by atoms with Crippen LogP contribution in [0.4, 0.5) is 0 Å². The van der Waals surface area contributed by atoms with Gasteiger partial charge in [-0.1, -0.05) is 109 Å². The average molecular weight is 731 g/mol. The van der Waals surface area contributed by atoms with Crippen LogP contribution in [0.3, 0.4) is 0 Å². The lowest BCUT2D eigenvalue weighted by atomic mass is 9.84. The van der Waals surface area contributed by atoms with Gasteiger partial charge in [0, 0.05) is 23.2 Å². The van der Waals surface area contributed by atoms with Gasteiger partial charge in [0.2, 0.25) is 0 Å². The van der Waals surface area contributed by atoms with Gasteiger partial charge in [0.25, 0.3) is 0 Å². The summed E-state index contributed by atoms with van der Waals surface area (Å²) in [5.41, 5.74) is 17.3. The normalized spacial score (nSPS) is 12.5. The quantitative estimate of drug-likeness (QED) is 0.166. The number of benzene rings is 10. The molecule has 2 aliphatic carbocycles. The number of nitrogens with zero attached hydrogens (tertiary/aromatic N) is 2. The molecule has 0 saturated heterocycles. The van der Waals surface area contributed by atoms with Crippen LogP contribution in [0.15, 0.2) is 182 Å². The van der Waals surface area contributed by atoms with Crippen LogP contribution in [0.25, 0.3) is 142 Å². The summed E-state index contributed by atoms with van der Waals surface area (Å²) in [4.78, 5) is 9.63. The van der Waals surface area contributed by atoms with Crippen LogP contribution in [0, 0.1) is 0 Å². The molecule has 0 fully saturated rings. The predicted molar refractivity (Wildman–Crippen MR) is 244 cm³/mol. The zero-order valence-electron chi connectivity index (χ0n) is 31.2. The molecule has 2 aromatic heterocycles. The molecule has 0 unspecified atom stereocenters. The number of aromatic nitrogens is 2. The molecule has 2 aliphatic rings. The summed E-state index contributed by atoms with van der Waals surface area (Å²) in [6, 6.07) is 63.5. The number of rotatable bonds is 2. The van der Waals surface area contributed by atoms with Crippen LogP contribution in [-0.4, -0.2) is 9.97 Å². The summed E-state index contributed by atoms with van der Waals surface area (Å²) >= 11 is 0. The molecule has 0 bridgehead atoms. The molecule has 2 heteroatoms. The van der Waals surface area contributed by atoms with Crippen LogP contribution in [0.1, 0.15) is 0 Å². The van der Waals surface area contributed by atoms with Crippen molar-refractivity contribution in [2.24, 2.45) is 0 Å². The van der Waals surface area contributed by atoms with Crippen LogP contribution >= 0.6 is 0 Å². The van der Waals surface area contributed by atoms with E-state index in [0.29, 0.717) is 0 Å². The SMILES string of the molecule is c1cc2c3c(cccc3c1)-c1cc3c(cc1-2)c(-c1ccnc2ccccc12)cc1c2cc4c(cc2c(-c2ccnc5ccccc25)cc31)-c1cccc2cccc-4c12. The highest BCUT2D eigenvalue weighted by Gasteiger charge is 2.27. The van der Waals surface area contributed by atoms with Gasteiger partial charge in [-0.25, -0.2) is 0 Å². The van der Waals surface area contributed by atoms with Crippen molar-refractivity contribution in [1.29, 1.82) is 0 Å². The number of hydrogen-bond acceptors (Lipinski definition) is 2. The molecule has 264 valence electrons. The Bertz CT molecular complexity index is 3580. The Morgan fingerprint density at radius 3 is 0.983 bits per heavy atom. The highest BCUT2D eigenvalue weighted by Crippen LogP contribution is 2.54. The smallest absolute Gasteiger partial charge is 0.0708 e. The van der Waals surface area contributed by atoms with E-state index >= 15 is 0 Å². The Balaban J connectivity index is 1.20. The van der Waals surface area contributed by atoms with Crippen LogP contribution in [0.2, 0.25) is 0 Å². The molecule has 2 nitrogen and oxygen atoms in total. The van der Waals surface area contributed by atoms with Gasteiger partial charge in [-0.3, -0.25) is 9.97 Å². The zero-order chi connectivity index (χ0) is 37.6. The second-order valence-corrected chi connectivity index (χ2v) is 16.0. The van der Waals surface area contributed by atoms with E-state index in [1.165, 1.54) is 121 Å². The first kappa shape index (κ1) is 30.5. The molecule has 0 atom stereocenters. The van der Waals surface area contributed by atoms with E-state index in [-0.39, 0.29) is 0 Å². The monoisotopic (exact) mass is 730 g/mol. The maximum Gasteiger partial charge on any atom is 0.0708 e. The van der Waals surface area contributed by atoms with E-state index in [4.69, 9.17) is 9.97 Å². The molecular formula is C56H30N2. The minimum atomic E-state index is 1.00. The third-order valence-corrected chi connectivity index (χ3v) is 13.2. The molecule has 0 aliphatic heterocycles. The number of para-hydroxylation sites is 2. The van der Waals surface area contributed by atoms with Crippen molar-refractivity contribution in [3.63, 3.8) is 0 Å². The van der Waals surface area contributed by atoms with Gasteiger partial charge in [0.15, 0.2) is 0 Å². The number of fused-ring (bicyclic) bond motifs is 13. The number of pyridine rings is 2. The van der Waals surface area contributed by atoms with E-state index < -0.39 is 0 Å². The summed E-state index contributed by atoms with van der Waals surface area (Å²) in [6.07, 6.45) is 3.94. The standard InChI is InChI=1S/C56H30N2/c1-3-19-53-35(13-1)33(21-23-57-53)41-25-49-50(51-29-45-39-17-7-11-31-9-5-15-37(55(31)39)43(45)27-47(41)51)26-42(34-22-24-58-54-20-4-2-14-36(34)54)48-28-44-38-16-6-10-32-12-8-18-40(56(32)38)46(44)30-52(48)49/h1-30H. The summed E-state index contributed by atoms with van der Waals surface area (Å²) in [7, 11) is 0. The second-order valence-electron chi connectivity index (χ2n) is 16.0. The van der Waals surface area contributed by atoms with Crippen molar-refractivity contribution in [2.45, 2.75) is 0 Å². The summed E-state index contributed by atoms with van der Waals surface area (Å²) < 4.78 is 0. The molecule has 0 spiro atoms. The minimum Gasteiger partial charge on any atom is -0.256 e. The average Bonchev–Trinajstić information content (AvgIpc) is 3.77. The number of hydrogen-bond donors (Lipinski definition) is 0. The van der Waals surface area contributed by atoms with Gasteiger partial charge >= 0.3 is 0 Å². The second kappa shape index (κ2) is 11.0. The molecule has 58 heavy (non-hydrogen) atoms. The van der Waals surface area contributed by atoms with E-state index in [0.717, 1.165) is 21.8 Å². The van der Waals surface area contributed by atoms with Crippen molar-refractivity contribution in [2.75, 3.05) is 0 Å². The summed E-state index contributed by atoms with van der Waals surface area (Å²) in [6.45, 7) is 0. The van der Waals surface area contributed by atoms with Gasteiger partial charge in [-0.2, -0.15) is 0 Å². The van der Waals surface area contributed by atoms with Gasteiger partial charge in [-0.05, 0) is 181 Å². The minimum absolute atomic E-state index is 1.00. The molecule has 14 rings (SSSR count). The predicted octanol–water partition coefficient (Wildman–Crippen LogP) is 15.2. The molecule has 0 N–H and O–H groups in total. The largest absolute Gasteiger partial charge is 0.256 e. The summed E-state index contributed by atoms with van der Waals surface area (Å²) in [5.74, 6) is 0. The third kappa shape index (κ3) is 3.91. The molecule has 12 aromatic rings. The van der Waals surface area contributed by atoms with Gasteiger partial charge in [-0.15, -0.1) is 0 Å². The lowest BCUT2D eigenvalue weighted by Crippen LogP contribution is -1.93. The topological polar surface area (TPSA) is 25.8 Å². The molecule has 10 aromatic carbocycles. The Morgan fingerprint density at radius 2 is 0.569 bits per heavy atom. The van der Waals surface area contributed by atoms with E-state index in [1.807, 2.05) is 12.4 Å². The van der Waals surface area contributed by atoms with E-state index in [2.05, 4.69) is 170 Å². The van der Waals surface area contributed by atoms with Crippen molar-refractivity contribution < 1.29 is 0 Å². The molecule has 0 amide bonds. The zero-order valence-corrected chi connectivity index (χ0v) is 31.2. The highest BCUT2D eigenvalue weighted by atomic mass is 14.6.